The van der Waals surface area contributed by atoms with Gasteiger partial charge < -0.3 is 4.74 Å². The van der Waals surface area contributed by atoms with E-state index in [0.29, 0.717) is 22.3 Å². The van der Waals surface area contributed by atoms with Gasteiger partial charge >= 0.3 is 0 Å². The van der Waals surface area contributed by atoms with E-state index in [1.165, 1.54) is 0 Å². The number of nitriles is 1. The summed E-state index contributed by atoms with van der Waals surface area (Å²) in [5, 5.41) is 10.1. The molecule has 0 saturated carbocycles. The van der Waals surface area contributed by atoms with Crippen molar-refractivity contribution in [3.8, 4) is 34.5 Å². The van der Waals surface area contributed by atoms with Crippen LogP contribution in [0.2, 0.25) is 10.2 Å². The van der Waals surface area contributed by atoms with Gasteiger partial charge in [0.1, 0.15) is 17.4 Å². The molecule has 2 aromatic carbocycles. The van der Waals surface area contributed by atoms with Crippen LogP contribution in [-0.4, -0.2) is 17.1 Å². The Balaban J connectivity index is 2.18. The van der Waals surface area contributed by atoms with Gasteiger partial charge in [0.15, 0.2) is 11.0 Å². The molecule has 24 heavy (non-hydrogen) atoms. The van der Waals surface area contributed by atoms with Crippen molar-refractivity contribution in [3.05, 3.63) is 64.3 Å². The Morgan fingerprint density at radius 3 is 2.38 bits per heavy atom. The molecule has 3 aromatic rings. The number of methoxy groups -OCH3 is 1. The van der Waals surface area contributed by atoms with Gasteiger partial charge in [-0.1, -0.05) is 35.3 Å². The van der Waals surface area contributed by atoms with Crippen LogP contribution in [0.25, 0.3) is 22.6 Å². The number of benzene rings is 2. The maximum atomic E-state index is 9.41. The number of aromatic nitrogens is 2. The lowest BCUT2D eigenvalue weighted by Gasteiger charge is -2.09. The van der Waals surface area contributed by atoms with Crippen LogP contribution in [0.4, 0.5) is 0 Å². The van der Waals surface area contributed by atoms with Crippen LogP contribution < -0.4 is 4.74 Å². The molecule has 118 valence electrons. The van der Waals surface area contributed by atoms with Crippen molar-refractivity contribution in [1.82, 2.24) is 9.97 Å². The predicted molar refractivity (Wildman–Crippen MR) is 94.2 cm³/mol. The van der Waals surface area contributed by atoms with Crippen LogP contribution in [-0.2, 0) is 0 Å². The number of hydrogen-bond acceptors (Lipinski definition) is 4. The standard InChI is InChI=1S/C18H11Cl2N3O/c1-24-14-7-5-11(6-8-14)16-15(10-21)17(20)23-18(22-16)12-3-2-4-13(19)9-12/h2-9H,1H3. The summed E-state index contributed by atoms with van der Waals surface area (Å²) in [5.41, 5.74) is 2.17. The summed E-state index contributed by atoms with van der Waals surface area (Å²) in [7, 11) is 1.59. The molecular formula is C18H11Cl2N3O. The molecule has 1 aromatic heterocycles. The molecule has 0 atom stereocenters. The minimum Gasteiger partial charge on any atom is -0.497 e. The third-order valence-electron chi connectivity index (χ3n) is 3.42. The highest BCUT2D eigenvalue weighted by Crippen LogP contribution is 2.30. The van der Waals surface area contributed by atoms with Crippen molar-refractivity contribution in [2.75, 3.05) is 7.11 Å². The van der Waals surface area contributed by atoms with Crippen molar-refractivity contribution in [2.45, 2.75) is 0 Å². The first-order valence-corrected chi connectivity index (χ1v) is 7.76. The maximum absolute atomic E-state index is 9.41. The number of ether oxygens (including phenoxy) is 1. The quantitative estimate of drug-likeness (QED) is 0.620. The lowest BCUT2D eigenvalue weighted by Crippen LogP contribution is -1.98. The summed E-state index contributed by atoms with van der Waals surface area (Å²) in [6.07, 6.45) is 0. The van der Waals surface area contributed by atoms with E-state index >= 15 is 0 Å². The normalized spacial score (nSPS) is 10.2. The average molecular weight is 356 g/mol. The second kappa shape index (κ2) is 6.88. The molecule has 0 N–H and O–H groups in total. The van der Waals surface area contributed by atoms with Crippen LogP contribution in [0.3, 0.4) is 0 Å². The SMILES string of the molecule is COc1ccc(-c2nc(-c3cccc(Cl)c3)nc(Cl)c2C#N)cc1. The third-order valence-corrected chi connectivity index (χ3v) is 3.93. The van der Waals surface area contributed by atoms with E-state index in [-0.39, 0.29) is 10.7 Å². The fourth-order valence-electron chi connectivity index (χ4n) is 2.25. The van der Waals surface area contributed by atoms with Gasteiger partial charge in [-0.25, -0.2) is 9.97 Å². The van der Waals surface area contributed by atoms with Crippen molar-refractivity contribution in [1.29, 1.82) is 5.26 Å². The molecular weight excluding hydrogens is 345 g/mol. The van der Waals surface area contributed by atoms with Crippen molar-refractivity contribution in [3.63, 3.8) is 0 Å². The first-order valence-electron chi connectivity index (χ1n) is 7.00. The minimum absolute atomic E-state index is 0.105. The first-order chi connectivity index (χ1) is 11.6. The van der Waals surface area contributed by atoms with Crippen LogP contribution in [0, 0.1) is 11.3 Å². The van der Waals surface area contributed by atoms with Crippen LogP contribution in [0.1, 0.15) is 5.56 Å². The topological polar surface area (TPSA) is 58.8 Å². The fourth-order valence-corrected chi connectivity index (χ4v) is 2.65. The van der Waals surface area contributed by atoms with Crippen molar-refractivity contribution >= 4 is 23.2 Å². The highest BCUT2D eigenvalue weighted by atomic mass is 35.5. The molecule has 0 spiro atoms. The molecule has 0 saturated heterocycles. The van der Waals surface area contributed by atoms with Gasteiger partial charge in [-0.15, -0.1) is 0 Å². The first kappa shape index (κ1) is 16.3. The second-order valence-corrected chi connectivity index (χ2v) is 5.71. The summed E-state index contributed by atoms with van der Waals surface area (Å²) in [4.78, 5) is 8.75. The van der Waals surface area contributed by atoms with Gasteiger partial charge in [0.05, 0.1) is 12.8 Å². The van der Waals surface area contributed by atoms with Gasteiger partial charge in [-0.2, -0.15) is 5.26 Å². The summed E-state index contributed by atoms with van der Waals surface area (Å²) >= 11 is 12.2. The number of hydrogen-bond donors (Lipinski definition) is 0. The average Bonchev–Trinajstić information content (AvgIpc) is 2.61. The molecule has 4 nitrogen and oxygen atoms in total. The zero-order valence-electron chi connectivity index (χ0n) is 12.6. The summed E-state index contributed by atoms with van der Waals surface area (Å²) in [5.74, 6) is 1.12. The largest absolute Gasteiger partial charge is 0.497 e. The Labute approximate surface area is 149 Å². The van der Waals surface area contributed by atoms with Crippen molar-refractivity contribution in [2.24, 2.45) is 0 Å². The Kier molecular flexibility index (Phi) is 4.66. The molecule has 0 aliphatic heterocycles. The van der Waals surface area contributed by atoms with Gasteiger partial charge in [0.25, 0.3) is 0 Å². The van der Waals surface area contributed by atoms with E-state index in [1.54, 1.807) is 37.4 Å². The van der Waals surface area contributed by atoms with E-state index in [9.17, 15) is 5.26 Å². The second-order valence-electron chi connectivity index (χ2n) is 4.91. The number of halogens is 2. The van der Waals surface area contributed by atoms with E-state index in [1.807, 2.05) is 18.2 Å². The molecule has 0 radical (unpaired) electrons. The van der Waals surface area contributed by atoms with Gasteiger partial charge in [-0.3, -0.25) is 0 Å². The monoisotopic (exact) mass is 355 g/mol. The van der Waals surface area contributed by atoms with Crippen LogP contribution in [0.5, 0.6) is 5.75 Å². The molecule has 0 unspecified atom stereocenters. The lowest BCUT2D eigenvalue weighted by atomic mass is 10.1. The van der Waals surface area contributed by atoms with Gasteiger partial charge in [0.2, 0.25) is 0 Å². The van der Waals surface area contributed by atoms with Gasteiger partial charge in [0, 0.05) is 16.1 Å². The highest BCUT2D eigenvalue weighted by molar-refractivity contribution is 6.31. The molecule has 0 amide bonds. The molecule has 0 aliphatic carbocycles. The number of nitrogens with zero attached hydrogens (tertiary/aromatic N) is 3. The summed E-state index contributed by atoms with van der Waals surface area (Å²) in [6.45, 7) is 0. The van der Waals surface area contributed by atoms with E-state index in [0.717, 1.165) is 11.1 Å². The lowest BCUT2D eigenvalue weighted by molar-refractivity contribution is 0.415. The third kappa shape index (κ3) is 3.18. The van der Waals surface area contributed by atoms with Crippen LogP contribution >= 0.6 is 23.2 Å². The smallest absolute Gasteiger partial charge is 0.161 e. The number of rotatable bonds is 3. The fraction of sp³-hybridized carbons (Fsp3) is 0.0556. The zero-order chi connectivity index (χ0) is 17.1. The van der Waals surface area contributed by atoms with Gasteiger partial charge in [-0.05, 0) is 36.4 Å². The van der Waals surface area contributed by atoms with Crippen molar-refractivity contribution < 1.29 is 4.74 Å². The zero-order valence-corrected chi connectivity index (χ0v) is 14.1. The Hall–Kier alpha value is -2.61. The molecule has 0 aliphatic rings. The van der Waals surface area contributed by atoms with Crippen LogP contribution in [0.15, 0.2) is 48.5 Å². The van der Waals surface area contributed by atoms with E-state index < -0.39 is 0 Å². The minimum atomic E-state index is 0.105. The molecule has 6 heteroatoms. The predicted octanol–water partition coefficient (Wildman–Crippen LogP) is 5.00. The Bertz CT molecular complexity index is 934. The Morgan fingerprint density at radius 1 is 1.00 bits per heavy atom. The summed E-state index contributed by atoms with van der Waals surface area (Å²) in [6, 6.07) is 16.5. The summed E-state index contributed by atoms with van der Waals surface area (Å²) < 4.78 is 5.15. The molecule has 0 bridgehead atoms. The highest BCUT2D eigenvalue weighted by Gasteiger charge is 2.16. The van der Waals surface area contributed by atoms with E-state index in [4.69, 9.17) is 27.9 Å². The molecule has 1 heterocycles. The molecule has 0 fully saturated rings. The van der Waals surface area contributed by atoms with E-state index in [2.05, 4.69) is 16.0 Å². The molecule has 3 rings (SSSR count). The Morgan fingerprint density at radius 2 is 1.75 bits per heavy atom. The maximum Gasteiger partial charge on any atom is 0.161 e.